The first-order chi connectivity index (χ1) is 65.8. The van der Waals surface area contributed by atoms with E-state index in [1.54, 1.807) is 7.11 Å². The van der Waals surface area contributed by atoms with Crippen LogP contribution in [0.5, 0.6) is 0 Å². The van der Waals surface area contributed by atoms with Crippen LogP contribution in [-0.4, -0.2) is 306 Å². The summed E-state index contributed by atoms with van der Waals surface area (Å²) in [5, 5.41) is 87.9. The van der Waals surface area contributed by atoms with Crippen LogP contribution >= 0.6 is 0 Å². The first kappa shape index (κ1) is 110. The highest BCUT2D eigenvalue weighted by molar-refractivity contribution is 5.28. The minimum atomic E-state index is -3.62. The molecule has 10 fully saturated rings. The predicted molar refractivity (Wildman–Crippen MR) is 477 cm³/mol. The van der Waals surface area contributed by atoms with Crippen LogP contribution in [0.2, 0.25) is 0 Å². The van der Waals surface area contributed by atoms with E-state index < -0.39 is 180 Å². The summed E-state index contributed by atoms with van der Waals surface area (Å²) in [5.41, 5.74) is 26.8. The minimum Gasteiger partial charge on any atom is -0.387 e. The number of nitrogens with two attached hydrogens (primary N) is 6. The zero-order chi connectivity index (χ0) is 101. The molecular formula is C84H126F10N24O21. The Hall–Kier alpha value is -9.46. The first-order valence-electron chi connectivity index (χ1n) is 45.9. The highest BCUT2D eigenvalue weighted by Crippen LogP contribution is 2.47. The van der Waals surface area contributed by atoms with Crippen molar-refractivity contribution in [1.82, 2.24) is 89.2 Å². The number of aromatic nitrogens is 12. The Morgan fingerprint density at radius 3 is 0.950 bits per heavy atom. The van der Waals surface area contributed by atoms with Crippen LogP contribution in [0.25, 0.3) is 0 Å². The van der Waals surface area contributed by atoms with Gasteiger partial charge in [0.15, 0.2) is 6.23 Å². The molecule has 19 atom stereocenters. The van der Waals surface area contributed by atoms with Gasteiger partial charge in [-0.25, -0.2) is 28.8 Å². The second-order valence-electron chi connectivity index (χ2n) is 35.9. The lowest BCUT2D eigenvalue weighted by Gasteiger charge is -2.25. The molecule has 7 saturated heterocycles. The molecule has 778 valence electrons. The summed E-state index contributed by atoms with van der Waals surface area (Å²) in [6.45, 7) is 9.23. The number of anilines is 6. The smallest absolute Gasteiger partial charge is 0.351 e. The molecule has 3 aliphatic carbocycles. The van der Waals surface area contributed by atoms with Gasteiger partial charge in [-0.3, -0.25) is 27.4 Å². The molecule has 0 radical (unpaired) electrons. The molecule has 0 aromatic carbocycles. The van der Waals surface area contributed by atoms with Crippen molar-refractivity contribution in [3.63, 3.8) is 0 Å². The molecule has 13 heterocycles. The first-order valence-corrected chi connectivity index (χ1v) is 45.9. The van der Waals surface area contributed by atoms with Crippen LogP contribution in [0.3, 0.4) is 0 Å². The molecule has 6 aromatic heterocycles. The Kier molecular flexibility index (Phi) is 38.8. The van der Waals surface area contributed by atoms with Gasteiger partial charge in [-0.15, -0.1) is 0 Å². The van der Waals surface area contributed by atoms with Crippen LogP contribution in [0.15, 0.2) is 102 Å². The van der Waals surface area contributed by atoms with E-state index >= 15 is 0 Å². The predicted octanol–water partition coefficient (Wildman–Crippen LogP) is -1.23. The van der Waals surface area contributed by atoms with Gasteiger partial charge in [-0.1, -0.05) is 52.4 Å². The maximum absolute atomic E-state index is 14.4. The molecule has 16 rings (SSSR count). The number of rotatable bonds is 30. The van der Waals surface area contributed by atoms with Crippen molar-refractivity contribution in [3.05, 3.63) is 136 Å². The Morgan fingerprint density at radius 1 is 0.360 bits per heavy atom. The van der Waals surface area contributed by atoms with Gasteiger partial charge in [0.25, 0.3) is 0 Å². The van der Waals surface area contributed by atoms with E-state index in [9.17, 15) is 108 Å². The third-order valence-electron chi connectivity index (χ3n) is 25.0. The van der Waals surface area contributed by atoms with Crippen LogP contribution in [0.1, 0.15) is 148 Å². The van der Waals surface area contributed by atoms with Gasteiger partial charge >= 0.3 is 63.8 Å². The number of ether oxygens (including phenoxy) is 8. The number of hydrogen-bond acceptors (Lipinski definition) is 39. The van der Waals surface area contributed by atoms with Crippen LogP contribution in [-0.2, 0) is 37.9 Å². The molecule has 55 heteroatoms. The molecule has 0 amide bonds. The van der Waals surface area contributed by atoms with Gasteiger partial charge < -0.3 is 140 Å². The molecule has 0 spiro atoms. The highest BCUT2D eigenvalue weighted by atomic mass is 19.3. The van der Waals surface area contributed by atoms with Crippen LogP contribution < -0.4 is 100 Å². The Balaban J connectivity index is 0.000000160. The SMILES string of the molecule is CC(C)CCNC[C@H]1O[C@@H](n2ccc(N)nc2=O)C(F)(F)[C@@H]1O.COCCNC[C@H]1O[C@@H](n2ccc(N)nc2=O)[C@@H](O)[C@@H]1O.Nc1ccn([C@@H]2O[C@H](CNC3CCCCC3)[C@@H](O)C2(F)F)c(=O)n1.Nc1ccn([C@@H]2O[C@H](CNC3CCOCC3)[C@@H](O)C2(F)F)c(=O)n1.Nc1ccn([C@@H]2O[C@H](CNCC3CC3)[C@@H](O)C2(F)F)c(=O)n1.Nc1ccn([C@@H]2O[C@H](CNCC3CCCCC3)[C@@H](O)C2(F)F)c(=O)n1. The number of nitrogens with zero attached hydrogens (tertiary/aromatic N) is 12. The van der Waals surface area contributed by atoms with Gasteiger partial charge in [0.2, 0.25) is 31.1 Å². The Morgan fingerprint density at radius 2 is 0.640 bits per heavy atom. The maximum atomic E-state index is 14.4. The third kappa shape index (κ3) is 28.1. The molecule has 3 saturated carbocycles. The average Bonchev–Trinajstić information content (AvgIpc) is 1.64. The van der Waals surface area contributed by atoms with Gasteiger partial charge in [0.1, 0.15) is 114 Å². The van der Waals surface area contributed by atoms with E-state index in [0.717, 1.165) is 106 Å². The second-order valence-corrected chi connectivity index (χ2v) is 35.9. The third-order valence-corrected chi connectivity index (χ3v) is 25.0. The lowest BCUT2D eigenvalue weighted by molar-refractivity contribution is -0.140. The Labute approximate surface area is 788 Å². The zero-order valence-electron chi connectivity index (χ0n) is 76.5. The maximum Gasteiger partial charge on any atom is 0.351 e. The fourth-order valence-corrected chi connectivity index (χ4v) is 16.8. The fraction of sp³-hybridized carbons (Fsp3) is 0.714. The number of methoxy groups -OCH3 is 1. The summed E-state index contributed by atoms with van der Waals surface area (Å²) < 4.78 is 189. The zero-order valence-corrected chi connectivity index (χ0v) is 76.5. The number of alkyl halides is 10. The molecule has 10 aliphatic rings. The molecule has 7 aliphatic heterocycles. The molecule has 25 N–H and O–H groups in total. The Bertz CT molecular complexity index is 5170. The van der Waals surface area contributed by atoms with Crippen molar-refractivity contribution in [3.8, 4) is 0 Å². The van der Waals surface area contributed by atoms with Crippen molar-refractivity contribution in [2.75, 3.05) is 127 Å². The lowest BCUT2D eigenvalue weighted by atomic mass is 9.89. The van der Waals surface area contributed by atoms with Gasteiger partial charge in [-0.05, 0) is 132 Å². The van der Waals surface area contributed by atoms with E-state index in [1.165, 1.54) is 68.3 Å². The summed E-state index contributed by atoms with van der Waals surface area (Å²) in [7, 11) is 1.59. The number of nitrogen functional groups attached to an aromatic ring is 6. The lowest BCUT2D eigenvalue weighted by Crippen LogP contribution is -2.45. The van der Waals surface area contributed by atoms with Gasteiger partial charge in [-0.2, -0.15) is 73.8 Å². The average molecular weight is 2000 g/mol. The quantitative estimate of drug-likeness (QED) is 0.0185. The van der Waals surface area contributed by atoms with Crippen molar-refractivity contribution in [1.29, 1.82) is 0 Å². The number of aliphatic hydroxyl groups is 7. The highest BCUT2D eigenvalue weighted by Gasteiger charge is 2.64. The second kappa shape index (κ2) is 49.0. The van der Waals surface area contributed by atoms with Gasteiger partial charge in [0, 0.05) is 115 Å². The van der Waals surface area contributed by atoms with Crippen molar-refractivity contribution in [2.24, 2.45) is 17.8 Å². The normalized spacial score (nSPS) is 29.5. The summed E-state index contributed by atoms with van der Waals surface area (Å²) >= 11 is 0. The summed E-state index contributed by atoms with van der Waals surface area (Å²) in [5.74, 6) is -16.7. The van der Waals surface area contributed by atoms with Crippen molar-refractivity contribution in [2.45, 2.75) is 269 Å². The standard InChI is InChI=1S/C16H24F2N4O3.C15H22F2N4O3.C14H20F2N4O4.C14H22F2N4O3.C13H18F2N4O3.C12H20N4O5/c17-16(18)13(23)11(9-20-8-10-4-2-1-3-5-10)25-14(16)22-7-6-12(19)21-15(22)24;16-15(17)12(22)10(8-19-9-4-2-1-3-5-9)24-13(15)21-7-6-11(18)20-14(21)23;15-14(16)11(21)9(7-18-8-2-5-23-6-3-8)24-12(14)20-4-1-10(17)19-13(20)22;1-8(2)3-5-18-7-9-11(21)14(15,16)12(23-9)20-6-4-10(17)19-13(20)22;14-13(15)10(20)8(6-17-5-7-1-2-7)22-11(13)19-4-3-9(16)18-12(19)21;1-20-5-3-14-6-7-9(17)10(18)11(21-7)16-4-2-8(13)15-12(16)19/h6-7,10-11,13-14,20,23H,1-5,8-9H2,(H2,19,21,24);6-7,9-10,12-13,19,22H,1-5,8H2,(H2,18,20,23);1,4,8-9,11-12,18,21H,2-3,5-7H2,(H2,17,19,22);4,6,8-9,11-12,18,21H,3,5,7H2,1-2H3,(H2,17,19,22);3-4,7-8,10-11,17,20H,1-2,5-6H2,(H2,16,18,21);2,4,7,9-11,14,17-18H,3,5-6H2,1H3,(H2,13,15,19)/t11-,13-,14-;10-,12-,13-;2*9-,11-,12-;8-,10-,11-;7-,9-,10+,11-/m111111/s1. The molecule has 6 aromatic rings. The van der Waals surface area contributed by atoms with Crippen LogP contribution in [0.4, 0.5) is 78.8 Å². The number of nitrogens with one attached hydrogen (secondary N) is 6. The molecular weight excluding hydrogens is 1870 g/mol. The number of hydrogen-bond donors (Lipinski definition) is 19. The van der Waals surface area contributed by atoms with Crippen molar-refractivity contribution >= 4 is 34.9 Å². The monoisotopic (exact) mass is 2000 g/mol. The van der Waals surface area contributed by atoms with E-state index in [1.807, 2.05) is 13.8 Å². The molecule has 139 heavy (non-hydrogen) atoms. The molecule has 0 bridgehead atoms. The summed E-state index contributed by atoms with van der Waals surface area (Å²) in [6, 6.07) is 7.96. The summed E-state index contributed by atoms with van der Waals surface area (Å²) in [4.78, 5) is 91.2. The molecule has 45 nitrogen and oxygen atoms in total. The van der Waals surface area contributed by atoms with Crippen molar-refractivity contribution < 1.29 is 118 Å². The van der Waals surface area contributed by atoms with Gasteiger partial charge in [0.05, 0.1) is 6.61 Å². The number of aliphatic hydroxyl groups excluding tert-OH is 7. The largest absolute Gasteiger partial charge is 0.387 e. The number of halogens is 10. The fourth-order valence-electron chi connectivity index (χ4n) is 16.8. The van der Waals surface area contributed by atoms with E-state index in [4.69, 9.17) is 72.3 Å². The molecule has 0 unspecified atom stereocenters. The van der Waals surface area contributed by atoms with E-state index in [0.29, 0.717) is 93.1 Å². The van der Waals surface area contributed by atoms with E-state index in [-0.39, 0.29) is 79.7 Å². The van der Waals surface area contributed by atoms with Crippen LogP contribution in [0, 0.1) is 17.8 Å². The topological polar surface area (TPSA) is 653 Å². The summed E-state index contributed by atoms with van der Waals surface area (Å²) in [6.07, 6.45) is -6.22. The van der Waals surface area contributed by atoms with E-state index in [2.05, 4.69) is 61.8 Å². The minimum absolute atomic E-state index is 0.0507.